The number of hydrogen-bond acceptors (Lipinski definition) is 3. The van der Waals surface area contributed by atoms with Crippen LogP contribution in [0.15, 0.2) is 188 Å². The van der Waals surface area contributed by atoms with Gasteiger partial charge in [-0.15, -0.1) is 0 Å². The molecule has 0 atom stereocenters. The van der Waals surface area contributed by atoms with Crippen LogP contribution >= 0.6 is 0 Å². The zero-order chi connectivity index (χ0) is 37.0. The Morgan fingerprint density at radius 2 is 0.808 bits per heavy atom. The minimum absolute atomic E-state index is 0.0113. The van der Waals surface area contributed by atoms with E-state index in [2.05, 4.69) is 91.0 Å². The average molecular weight is 665 g/mol. The molecule has 52 heavy (non-hydrogen) atoms. The van der Waals surface area contributed by atoms with Crippen LogP contribution in [0, 0.1) is 0 Å². The molecule has 0 amide bonds. The van der Waals surface area contributed by atoms with Crippen LogP contribution < -0.4 is 0 Å². The van der Waals surface area contributed by atoms with Crippen molar-refractivity contribution in [3.63, 3.8) is 0 Å². The lowest BCUT2D eigenvalue weighted by molar-refractivity contribution is 1.08. The van der Waals surface area contributed by atoms with Crippen molar-refractivity contribution >= 4 is 43.1 Å². The SMILES string of the molecule is [2H]c1cc([2H])c(-c2nc(-c3ccc4ccccc4c3)nc(-c3ccc4ccc5ccccc5c4c3)n2)c([2H])c1-c1ccc(-c2cccc3ccccc23)cc1. The summed E-state index contributed by atoms with van der Waals surface area (Å²) in [6, 6.07) is 57.2. The first-order chi connectivity index (χ1) is 27.0. The number of aromatic nitrogens is 3. The Morgan fingerprint density at radius 1 is 0.308 bits per heavy atom. The summed E-state index contributed by atoms with van der Waals surface area (Å²) < 4.78 is 27.6. The standard InChI is InChI=1S/C49H31N3/c1-2-12-38-30-41(27-21-32(38)9-1)48-50-47(51-49(52-48)42-28-26-37-25-24-35-11-4-6-17-45(35)46(37)31-42)40-15-7-14-39(29-40)33-19-22-36(23-20-33)44-18-8-13-34-10-3-5-16-43(34)44/h1-31H/i14D,15D,29D. The van der Waals surface area contributed by atoms with Crippen molar-refractivity contribution in [3.05, 3.63) is 188 Å². The Morgan fingerprint density at radius 3 is 1.58 bits per heavy atom. The molecule has 0 fully saturated rings. The molecule has 3 heteroatoms. The Bertz CT molecular complexity index is 3130. The largest absolute Gasteiger partial charge is 0.208 e. The second-order valence-electron chi connectivity index (χ2n) is 13.0. The molecule has 0 bridgehead atoms. The minimum Gasteiger partial charge on any atom is -0.208 e. The van der Waals surface area contributed by atoms with E-state index in [0.717, 1.165) is 60.0 Å². The molecule has 0 radical (unpaired) electrons. The molecule has 1 aromatic heterocycles. The summed E-state index contributed by atoms with van der Waals surface area (Å²) >= 11 is 0. The third-order valence-corrected chi connectivity index (χ3v) is 9.83. The Labute approximate surface area is 305 Å². The molecule has 0 unspecified atom stereocenters. The van der Waals surface area contributed by atoms with Gasteiger partial charge in [-0.25, -0.2) is 15.0 Å². The van der Waals surface area contributed by atoms with E-state index >= 15 is 0 Å². The number of benzene rings is 9. The molecule has 10 rings (SSSR count). The predicted molar refractivity (Wildman–Crippen MR) is 217 cm³/mol. The van der Waals surface area contributed by atoms with Gasteiger partial charge in [0.1, 0.15) is 0 Å². The van der Waals surface area contributed by atoms with E-state index in [1.807, 2.05) is 72.8 Å². The van der Waals surface area contributed by atoms with Crippen LogP contribution in [0.2, 0.25) is 0 Å². The van der Waals surface area contributed by atoms with Crippen LogP contribution in [0.3, 0.4) is 0 Å². The molecule has 0 aliphatic heterocycles. The predicted octanol–water partition coefficient (Wildman–Crippen LogP) is 12.8. The molecule has 9 aromatic carbocycles. The molecule has 0 saturated carbocycles. The average Bonchev–Trinajstić information content (AvgIpc) is 3.23. The third-order valence-electron chi connectivity index (χ3n) is 9.83. The van der Waals surface area contributed by atoms with Crippen LogP contribution in [0.5, 0.6) is 0 Å². The summed E-state index contributed by atoms with van der Waals surface area (Å²) in [6.45, 7) is 0. The van der Waals surface area contributed by atoms with Gasteiger partial charge in [0, 0.05) is 16.7 Å². The molecule has 242 valence electrons. The van der Waals surface area contributed by atoms with Gasteiger partial charge >= 0.3 is 0 Å². The normalized spacial score (nSPS) is 12.3. The first-order valence-electron chi connectivity index (χ1n) is 18.9. The quantitative estimate of drug-likeness (QED) is 0.172. The lowest BCUT2D eigenvalue weighted by Crippen LogP contribution is -2.00. The first-order valence-corrected chi connectivity index (χ1v) is 17.4. The highest BCUT2D eigenvalue weighted by Crippen LogP contribution is 2.34. The number of rotatable bonds is 5. The number of nitrogens with zero attached hydrogens (tertiary/aromatic N) is 3. The Hall–Kier alpha value is -6.97. The van der Waals surface area contributed by atoms with Gasteiger partial charge in [0.15, 0.2) is 17.5 Å². The number of hydrogen-bond donors (Lipinski definition) is 0. The van der Waals surface area contributed by atoms with Gasteiger partial charge in [-0.1, -0.05) is 170 Å². The summed E-state index contributed by atoms with van der Waals surface area (Å²) in [5.41, 5.74) is 5.14. The van der Waals surface area contributed by atoms with E-state index in [-0.39, 0.29) is 29.5 Å². The second kappa shape index (κ2) is 12.4. The van der Waals surface area contributed by atoms with Gasteiger partial charge in [-0.3, -0.25) is 0 Å². The molecule has 3 nitrogen and oxygen atoms in total. The van der Waals surface area contributed by atoms with Crippen molar-refractivity contribution in [1.82, 2.24) is 15.0 Å². The van der Waals surface area contributed by atoms with Crippen LogP contribution in [0.25, 0.3) is 99.5 Å². The van der Waals surface area contributed by atoms with Crippen LogP contribution in [0.1, 0.15) is 4.11 Å². The van der Waals surface area contributed by atoms with E-state index < -0.39 is 0 Å². The van der Waals surface area contributed by atoms with Crippen molar-refractivity contribution in [1.29, 1.82) is 0 Å². The lowest BCUT2D eigenvalue weighted by atomic mass is 9.96. The molecular formula is C49H31N3. The zero-order valence-electron chi connectivity index (χ0n) is 31.0. The molecule has 0 aliphatic carbocycles. The fourth-order valence-electron chi connectivity index (χ4n) is 7.16. The fourth-order valence-corrected chi connectivity index (χ4v) is 7.16. The summed E-state index contributed by atoms with van der Waals surface area (Å²) in [6.07, 6.45) is 0. The summed E-state index contributed by atoms with van der Waals surface area (Å²) in [5, 5.41) is 8.95. The maximum atomic E-state index is 9.54. The Balaban J connectivity index is 1.15. The molecule has 0 spiro atoms. The summed E-state index contributed by atoms with van der Waals surface area (Å²) in [4.78, 5) is 15.0. The molecule has 0 saturated heterocycles. The van der Waals surface area contributed by atoms with Crippen molar-refractivity contribution in [2.75, 3.05) is 0 Å². The molecule has 0 aliphatic rings. The topological polar surface area (TPSA) is 38.7 Å². The van der Waals surface area contributed by atoms with Crippen molar-refractivity contribution < 1.29 is 4.11 Å². The maximum Gasteiger partial charge on any atom is 0.164 e. The maximum absolute atomic E-state index is 9.54. The van der Waals surface area contributed by atoms with Crippen molar-refractivity contribution in [3.8, 4) is 56.4 Å². The third kappa shape index (κ3) is 5.37. The highest BCUT2D eigenvalue weighted by Gasteiger charge is 2.15. The smallest absolute Gasteiger partial charge is 0.164 e. The minimum atomic E-state index is 0.0113. The molecular weight excluding hydrogens is 631 g/mol. The van der Waals surface area contributed by atoms with E-state index in [1.165, 1.54) is 11.5 Å². The van der Waals surface area contributed by atoms with E-state index in [1.54, 1.807) is 0 Å². The first kappa shape index (κ1) is 26.8. The van der Waals surface area contributed by atoms with Crippen LogP contribution in [0.4, 0.5) is 0 Å². The second-order valence-corrected chi connectivity index (χ2v) is 13.0. The van der Waals surface area contributed by atoms with Crippen molar-refractivity contribution in [2.45, 2.75) is 0 Å². The van der Waals surface area contributed by atoms with Gasteiger partial charge in [-0.2, -0.15) is 0 Å². The van der Waals surface area contributed by atoms with Gasteiger partial charge in [0.05, 0.1) is 4.11 Å². The van der Waals surface area contributed by atoms with Gasteiger partial charge in [0.25, 0.3) is 0 Å². The fraction of sp³-hybridized carbons (Fsp3) is 0. The Kier molecular flexibility index (Phi) is 6.41. The van der Waals surface area contributed by atoms with Crippen LogP contribution in [-0.4, -0.2) is 15.0 Å². The molecule has 1 heterocycles. The van der Waals surface area contributed by atoms with Gasteiger partial charge < -0.3 is 0 Å². The number of fused-ring (bicyclic) bond motifs is 5. The van der Waals surface area contributed by atoms with Gasteiger partial charge in [-0.05, 0) is 83.5 Å². The van der Waals surface area contributed by atoms with Gasteiger partial charge in [0.2, 0.25) is 0 Å². The molecule has 0 N–H and O–H groups in total. The van der Waals surface area contributed by atoms with Crippen LogP contribution in [-0.2, 0) is 0 Å². The lowest BCUT2D eigenvalue weighted by Gasteiger charge is -2.12. The van der Waals surface area contributed by atoms with E-state index in [4.69, 9.17) is 17.7 Å². The van der Waals surface area contributed by atoms with E-state index in [9.17, 15) is 1.37 Å². The summed E-state index contributed by atoms with van der Waals surface area (Å²) in [7, 11) is 0. The van der Waals surface area contributed by atoms with Crippen molar-refractivity contribution in [2.24, 2.45) is 0 Å². The summed E-state index contributed by atoms with van der Waals surface area (Å²) in [5.74, 6) is 1.10. The monoisotopic (exact) mass is 664 g/mol. The highest BCUT2D eigenvalue weighted by molar-refractivity contribution is 6.08. The molecule has 10 aromatic rings. The highest BCUT2D eigenvalue weighted by atomic mass is 15.0. The van der Waals surface area contributed by atoms with E-state index in [0.29, 0.717) is 22.8 Å². The zero-order valence-corrected chi connectivity index (χ0v) is 28.0.